The molecule has 0 bridgehead atoms. The number of rotatable bonds is 6. The van der Waals surface area contributed by atoms with E-state index in [1.54, 1.807) is 24.3 Å². The van der Waals surface area contributed by atoms with Crippen LogP contribution >= 0.6 is 23.2 Å². The zero-order valence-corrected chi connectivity index (χ0v) is 15.7. The maximum Gasteiger partial charge on any atom is 0.253 e. The van der Waals surface area contributed by atoms with E-state index in [4.69, 9.17) is 27.9 Å². The van der Waals surface area contributed by atoms with Gasteiger partial charge in [-0.15, -0.1) is 0 Å². The van der Waals surface area contributed by atoms with Crippen LogP contribution in [0, 0.1) is 5.82 Å². The Morgan fingerprint density at radius 2 is 1.59 bits per heavy atom. The molecule has 27 heavy (non-hydrogen) atoms. The zero-order chi connectivity index (χ0) is 19.2. The average molecular weight is 404 g/mol. The van der Waals surface area contributed by atoms with E-state index >= 15 is 0 Å². The number of amides is 1. The number of carbonyl (C=O) groups is 1. The summed E-state index contributed by atoms with van der Waals surface area (Å²) in [7, 11) is 0. The Labute approximate surface area is 166 Å². The van der Waals surface area contributed by atoms with Crippen LogP contribution in [0.1, 0.15) is 21.5 Å². The highest BCUT2D eigenvalue weighted by atomic mass is 35.5. The van der Waals surface area contributed by atoms with E-state index in [2.05, 4.69) is 5.32 Å². The van der Waals surface area contributed by atoms with Crippen LogP contribution in [0.2, 0.25) is 10.0 Å². The van der Waals surface area contributed by atoms with E-state index in [9.17, 15) is 9.18 Å². The van der Waals surface area contributed by atoms with Crippen molar-refractivity contribution >= 4 is 29.1 Å². The maximum absolute atomic E-state index is 12.9. The van der Waals surface area contributed by atoms with E-state index in [0.717, 1.165) is 11.1 Å². The summed E-state index contributed by atoms with van der Waals surface area (Å²) in [4.78, 5) is 12.2. The van der Waals surface area contributed by atoms with Crippen LogP contribution in [0.25, 0.3) is 0 Å². The van der Waals surface area contributed by atoms with Crippen LogP contribution in [0.5, 0.6) is 5.75 Å². The van der Waals surface area contributed by atoms with Crippen molar-refractivity contribution in [1.82, 2.24) is 5.32 Å². The predicted molar refractivity (Wildman–Crippen MR) is 105 cm³/mol. The lowest BCUT2D eigenvalue weighted by Crippen LogP contribution is -2.23. The van der Waals surface area contributed by atoms with Gasteiger partial charge in [-0.1, -0.05) is 47.5 Å². The van der Waals surface area contributed by atoms with Crippen LogP contribution in [0.3, 0.4) is 0 Å². The van der Waals surface area contributed by atoms with Gasteiger partial charge in [-0.25, -0.2) is 4.39 Å². The van der Waals surface area contributed by atoms with Crippen molar-refractivity contribution in [2.75, 3.05) is 0 Å². The predicted octanol–water partition coefficient (Wildman–Crippen LogP) is 5.64. The Kier molecular flexibility index (Phi) is 6.32. The maximum atomic E-state index is 12.9. The van der Waals surface area contributed by atoms with Gasteiger partial charge < -0.3 is 10.1 Å². The third-order valence-electron chi connectivity index (χ3n) is 3.87. The Hall–Kier alpha value is -2.56. The van der Waals surface area contributed by atoms with Crippen molar-refractivity contribution in [3.05, 3.63) is 99.3 Å². The lowest BCUT2D eigenvalue weighted by Gasteiger charge is -2.09. The monoisotopic (exact) mass is 403 g/mol. The molecule has 138 valence electrons. The first kappa shape index (κ1) is 19.2. The van der Waals surface area contributed by atoms with Gasteiger partial charge in [0.25, 0.3) is 5.91 Å². The minimum atomic E-state index is -0.273. The molecule has 0 fully saturated rings. The summed E-state index contributed by atoms with van der Waals surface area (Å²) in [5.41, 5.74) is 2.18. The molecule has 0 spiro atoms. The van der Waals surface area contributed by atoms with Gasteiger partial charge in [-0.05, 0) is 53.6 Å². The van der Waals surface area contributed by atoms with Gasteiger partial charge >= 0.3 is 0 Å². The summed E-state index contributed by atoms with van der Waals surface area (Å²) in [6, 6.07) is 18.3. The first-order chi connectivity index (χ1) is 13.0. The molecule has 1 amide bonds. The minimum Gasteiger partial charge on any atom is -0.489 e. The van der Waals surface area contributed by atoms with E-state index in [1.165, 1.54) is 18.2 Å². The highest BCUT2D eigenvalue weighted by molar-refractivity contribution is 6.36. The molecule has 3 rings (SSSR count). The molecule has 3 aromatic rings. The molecular weight excluding hydrogens is 388 g/mol. The molecule has 3 nitrogen and oxygen atoms in total. The highest BCUT2D eigenvalue weighted by Gasteiger charge is 2.10. The number of hydrogen-bond acceptors (Lipinski definition) is 2. The summed E-state index contributed by atoms with van der Waals surface area (Å²) in [5, 5.41) is 3.60. The van der Waals surface area contributed by atoms with Gasteiger partial charge in [-0.2, -0.15) is 0 Å². The summed E-state index contributed by atoms with van der Waals surface area (Å²) in [6.07, 6.45) is 0. The lowest BCUT2D eigenvalue weighted by atomic mass is 10.2. The van der Waals surface area contributed by atoms with Crippen LogP contribution in [0.4, 0.5) is 4.39 Å². The molecule has 0 saturated heterocycles. The smallest absolute Gasteiger partial charge is 0.253 e. The summed E-state index contributed by atoms with van der Waals surface area (Å²) >= 11 is 11.9. The first-order valence-corrected chi connectivity index (χ1v) is 8.96. The quantitative estimate of drug-likeness (QED) is 0.577. The normalized spacial score (nSPS) is 10.5. The highest BCUT2D eigenvalue weighted by Crippen LogP contribution is 2.21. The zero-order valence-electron chi connectivity index (χ0n) is 14.2. The van der Waals surface area contributed by atoms with Crippen LogP contribution in [-0.2, 0) is 13.2 Å². The van der Waals surface area contributed by atoms with Gasteiger partial charge in [0.05, 0.1) is 10.6 Å². The fourth-order valence-electron chi connectivity index (χ4n) is 2.40. The molecule has 1 N–H and O–H groups in total. The van der Waals surface area contributed by atoms with Crippen molar-refractivity contribution in [2.24, 2.45) is 0 Å². The summed E-state index contributed by atoms with van der Waals surface area (Å²) in [6.45, 7) is 0.710. The Morgan fingerprint density at radius 3 is 2.26 bits per heavy atom. The van der Waals surface area contributed by atoms with Crippen LogP contribution < -0.4 is 10.1 Å². The molecular formula is C21H16Cl2FNO2. The lowest BCUT2D eigenvalue weighted by molar-refractivity contribution is 0.0951. The Morgan fingerprint density at radius 1 is 0.926 bits per heavy atom. The molecule has 3 aromatic carbocycles. The summed E-state index contributed by atoms with van der Waals surface area (Å²) < 4.78 is 18.6. The van der Waals surface area contributed by atoms with E-state index in [0.29, 0.717) is 34.5 Å². The van der Waals surface area contributed by atoms with E-state index < -0.39 is 0 Å². The molecule has 0 aliphatic carbocycles. The molecule has 0 aliphatic rings. The number of hydrogen-bond donors (Lipinski definition) is 1. The molecule has 0 aromatic heterocycles. The second-order valence-electron chi connectivity index (χ2n) is 5.87. The van der Waals surface area contributed by atoms with Crippen molar-refractivity contribution in [3.8, 4) is 5.75 Å². The van der Waals surface area contributed by atoms with Gasteiger partial charge in [0, 0.05) is 11.6 Å². The minimum absolute atomic E-state index is 0.270. The fourth-order valence-corrected chi connectivity index (χ4v) is 2.90. The van der Waals surface area contributed by atoms with Crippen molar-refractivity contribution in [3.63, 3.8) is 0 Å². The third kappa shape index (κ3) is 5.46. The van der Waals surface area contributed by atoms with Crippen molar-refractivity contribution in [1.29, 1.82) is 0 Å². The van der Waals surface area contributed by atoms with E-state index in [-0.39, 0.29) is 11.7 Å². The van der Waals surface area contributed by atoms with Gasteiger partial charge in [0.1, 0.15) is 18.2 Å². The second kappa shape index (κ2) is 8.89. The van der Waals surface area contributed by atoms with Crippen molar-refractivity contribution in [2.45, 2.75) is 13.2 Å². The third-order valence-corrected chi connectivity index (χ3v) is 4.42. The molecule has 0 heterocycles. The second-order valence-corrected chi connectivity index (χ2v) is 6.71. The molecule has 0 atom stereocenters. The van der Waals surface area contributed by atoms with Crippen molar-refractivity contribution < 1.29 is 13.9 Å². The Bertz CT molecular complexity index is 928. The molecule has 0 aliphatic heterocycles. The molecule has 0 saturated carbocycles. The fraction of sp³-hybridized carbons (Fsp3) is 0.0952. The number of ether oxygens (including phenoxy) is 1. The number of nitrogens with one attached hydrogen (secondary N) is 1. The largest absolute Gasteiger partial charge is 0.489 e. The molecule has 0 unspecified atom stereocenters. The van der Waals surface area contributed by atoms with Gasteiger partial charge in [0.2, 0.25) is 0 Å². The van der Waals surface area contributed by atoms with Crippen LogP contribution in [0.15, 0.2) is 66.7 Å². The topological polar surface area (TPSA) is 38.3 Å². The number of benzene rings is 3. The van der Waals surface area contributed by atoms with Gasteiger partial charge in [-0.3, -0.25) is 4.79 Å². The van der Waals surface area contributed by atoms with E-state index in [1.807, 2.05) is 24.3 Å². The number of halogens is 3. The first-order valence-electron chi connectivity index (χ1n) is 8.21. The summed E-state index contributed by atoms with van der Waals surface area (Å²) in [5.74, 6) is 0.147. The molecule has 6 heteroatoms. The molecule has 0 radical (unpaired) electrons. The number of carbonyl (C=O) groups excluding carboxylic acids is 1. The SMILES string of the molecule is O=C(NCc1ccc(OCc2ccc(F)cc2)cc1)c1ccc(Cl)cc1Cl. The standard InChI is InChI=1S/C21H16Cl2FNO2/c22-16-5-10-19(20(23)11-16)21(26)25-12-14-3-8-18(9-4-14)27-13-15-1-6-17(24)7-2-15/h1-11H,12-13H2,(H,25,26). The van der Waals surface area contributed by atoms with Crippen LogP contribution in [-0.4, -0.2) is 5.91 Å². The van der Waals surface area contributed by atoms with Gasteiger partial charge in [0.15, 0.2) is 0 Å². The average Bonchev–Trinajstić information content (AvgIpc) is 2.66. The Balaban J connectivity index is 1.52.